The maximum atomic E-state index is 11.8. The highest BCUT2D eigenvalue weighted by molar-refractivity contribution is 7.80. The first-order valence-electron chi connectivity index (χ1n) is 6.54. The average Bonchev–Trinajstić information content (AvgIpc) is 2.95. The molecule has 19 heavy (non-hydrogen) atoms. The first-order chi connectivity index (χ1) is 8.88. The van der Waals surface area contributed by atoms with Crippen LogP contribution in [0.3, 0.4) is 0 Å². The first-order valence-corrected chi connectivity index (χ1v) is 6.95. The van der Waals surface area contributed by atoms with E-state index < -0.39 is 0 Å². The van der Waals surface area contributed by atoms with Gasteiger partial charge >= 0.3 is 0 Å². The molecule has 0 aromatic heterocycles. The molecule has 0 spiro atoms. The van der Waals surface area contributed by atoms with Crippen LogP contribution in [0.4, 0.5) is 0 Å². The van der Waals surface area contributed by atoms with Crippen LogP contribution in [0.1, 0.15) is 31.4 Å². The van der Waals surface area contributed by atoms with Gasteiger partial charge < -0.3 is 11.1 Å². The maximum Gasteiger partial charge on any atom is 0.224 e. The minimum absolute atomic E-state index is 0.0748. The van der Waals surface area contributed by atoms with Crippen LogP contribution in [0.25, 0.3) is 0 Å². The summed E-state index contributed by atoms with van der Waals surface area (Å²) in [5, 5.41) is 3.00. The van der Waals surface area contributed by atoms with E-state index in [4.69, 9.17) is 18.0 Å². The number of thiocarbonyl (C=S) groups is 1. The number of rotatable bonds is 5. The summed E-state index contributed by atoms with van der Waals surface area (Å²) in [5.41, 5.74) is 7.75. The predicted molar refractivity (Wildman–Crippen MR) is 80.9 cm³/mol. The van der Waals surface area contributed by atoms with Gasteiger partial charge in [0.2, 0.25) is 5.91 Å². The maximum absolute atomic E-state index is 11.8. The summed E-state index contributed by atoms with van der Waals surface area (Å²) in [5.74, 6) is 0.708. The molecule has 1 saturated carbocycles. The molecule has 4 heteroatoms. The number of amides is 1. The molecule has 1 aliphatic carbocycles. The summed E-state index contributed by atoms with van der Waals surface area (Å²) in [7, 11) is 0. The van der Waals surface area contributed by atoms with Gasteiger partial charge in [0.15, 0.2) is 0 Å². The van der Waals surface area contributed by atoms with Crippen LogP contribution in [-0.4, -0.2) is 17.4 Å². The van der Waals surface area contributed by atoms with Gasteiger partial charge in [-0.15, -0.1) is 0 Å². The molecule has 0 heterocycles. The number of benzene rings is 1. The van der Waals surface area contributed by atoms with Gasteiger partial charge in [-0.05, 0) is 23.3 Å². The van der Waals surface area contributed by atoms with Gasteiger partial charge in [-0.25, -0.2) is 0 Å². The first kappa shape index (κ1) is 14.0. The predicted octanol–water partition coefficient (Wildman–Crippen LogP) is 2.03. The van der Waals surface area contributed by atoms with Crippen molar-refractivity contribution in [2.24, 2.45) is 17.1 Å². The Balaban J connectivity index is 1.80. The summed E-state index contributed by atoms with van der Waals surface area (Å²) in [6.07, 6.45) is 1.61. The van der Waals surface area contributed by atoms with E-state index in [1.54, 1.807) is 0 Å². The van der Waals surface area contributed by atoms with Crippen molar-refractivity contribution in [2.45, 2.75) is 26.7 Å². The van der Waals surface area contributed by atoms with Crippen molar-refractivity contribution in [2.75, 3.05) is 6.54 Å². The van der Waals surface area contributed by atoms with Crippen molar-refractivity contribution in [1.82, 2.24) is 5.32 Å². The molecule has 1 unspecified atom stereocenters. The molecule has 102 valence electrons. The van der Waals surface area contributed by atoms with E-state index in [-0.39, 0.29) is 5.91 Å². The normalized spacial score (nSPS) is 19.8. The van der Waals surface area contributed by atoms with Crippen LogP contribution in [0.5, 0.6) is 0 Å². The Kier molecular flexibility index (Phi) is 3.90. The second-order valence-corrected chi connectivity index (χ2v) is 6.37. The van der Waals surface area contributed by atoms with Crippen LogP contribution in [0.2, 0.25) is 0 Å². The van der Waals surface area contributed by atoms with Crippen LogP contribution in [0, 0.1) is 11.3 Å². The lowest BCUT2D eigenvalue weighted by atomic mass is 10.1. The summed E-state index contributed by atoms with van der Waals surface area (Å²) < 4.78 is 0. The highest BCUT2D eigenvalue weighted by Crippen LogP contribution is 2.50. The fourth-order valence-electron chi connectivity index (χ4n) is 2.20. The van der Waals surface area contributed by atoms with Crippen molar-refractivity contribution >= 4 is 23.1 Å². The van der Waals surface area contributed by atoms with Gasteiger partial charge in [-0.3, -0.25) is 4.79 Å². The molecule has 1 aromatic rings. The molecule has 2 rings (SSSR count). The largest absolute Gasteiger partial charge is 0.389 e. The Labute approximate surface area is 119 Å². The Morgan fingerprint density at radius 1 is 1.42 bits per heavy atom. The van der Waals surface area contributed by atoms with E-state index in [1.165, 1.54) is 6.42 Å². The summed E-state index contributed by atoms with van der Waals surface area (Å²) >= 11 is 4.89. The second-order valence-electron chi connectivity index (χ2n) is 5.93. The summed E-state index contributed by atoms with van der Waals surface area (Å²) in [6, 6.07) is 7.51. The molecule has 1 fully saturated rings. The Bertz CT molecular complexity index is 493. The number of hydrogen-bond donors (Lipinski definition) is 2. The fraction of sp³-hybridized carbons (Fsp3) is 0.467. The van der Waals surface area contributed by atoms with Gasteiger partial charge in [0, 0.05) is 12.1 Å². The van der Waals surface area contributed by atoms with Crippen molar-refractivity contribution in [1.29, 1.82) is 0 Å². The standard InChI is InChI=1S/C15H20N2OS/c1-15(2)8-12(15)9-17-13(18)7-10-3-5-11(6-4-10)14(16)19/h3-6,12H,7-9H2,1-2H3,(H2,16,19)(H,17,18). The Morgan fingerprint density at radius 3 is 2.47 bits per heavy atom. The molecule has 1 amide bonds. The number of hydrogen-bond acceptors (Lipinski definition) is 2. The third kappa shape index (κ3) is 3.77. The minimum Gasteiger partial charge on any atom is -0.389 e. The number of nitrogens with two attached hydrogens (primary N) is 1. The van der Waals surface area contributed by atoms with E-state index in [0.29, 0.717) is 22.7 Å². The lowest BCUT2D eigenvalue weighted by molar-refractivity contribution is -0.120. The quantitative estimate of drug-likeness (QED) is 0.809. The zero-order valence-electron chi connectivity index (χ0n) is 11.4. The monoisotopic (exact) mass is 276 g/mol. The van der Waals surface area contributed by atoms with Crippen molar-refractivity contribution in [3.05, 3.63) is 35.4 Å². The lowest BCUT2D eigenvalue weighted by Gasteiger charge is -2.07. The van der Waals surface area contributed by atoms with Crippen LogP contribution < -0.4 is 11.1 Å². The smallest absolute Gasteiger partial charge is 0.224 e. The van der Waals surface area contributed by atoms with Crippen molar-refractivity contribution in [3.8, 4) is 0 Å². The SMILES string of the molecule is CC1(C)CC1CNC(=O)Cc1ccc(C(N)=S)cc1. The fourth-order valence-corrected chi connectivity index (χ4v) is 2.33. The molecule has 3 N–H and O–H groups in total. The second kappa shape index (κ2) is 5.29. The van der Waals surface area contributed by atoms with E-state index >= 15 is 0 Å². The highest BCUT2D eigenvalue weighted by atomic mass is 32.1. The number of carbonyl (C=O) groups excluding carboxylic acids is 1. The average molecular weight is 276 g/mol. The molecule has 1 aliphatic rings. The van der Waals surface area contributed by atoms with E-state index in [9.17, 15) is 4.79 Å². The molecule has 0 radical (unpaired) electrons. The van der Waals surface area contributed by atoms with Crippen LogP contribution >= 0.6 is 12.2 Å². The van der Waals surface area contributed by atoms with Gasteiger partial charge in [0.05, 0.1) is 6.42 Å². The molecule has 1 aromatic carbocycles. The number of nitrogens with one attached hydrogen (secondary N) is 1. The van der Waals surface area contributed by atoms with Gasteiger partial charge in [-0.2, -0.15) is 0 Å². The zero-order chi connectivity index (χ0) is 14.0. The molecule has 0 aliphatic heterocycles. The van der Waals surface area contributed by atoms with Crippen molar-refractivity contribution < 1.29 is 4.79 Å². The molecule has 0 saturated heterocycles. The third-order valence-corrected chi connectivity index (χ3v) is 4.10. The topological polar surface area (TPSA) is 55.1 Å². The van der Waals surface area contributed by atoms with E-state index in [2.05, 4.69) is 19.2 Å². The van der Waals surface area contributed by atoms with Gasteiger partial charge in [-0.1, -0.05) is 50.3 Å². The van der Waals surface area contributed by atoms with Crippen molar-refractivity contribution in [3.63, 3.8) is 0 Å². The molecule has 0 bridgehead atoms. The van der Waals surface area contributed by atoms with Crippen LogP contribution in [0.15, 0.2) is 24.3 Å². The molecular weight excluding hydrogens is 256 g/mol. The third-order valence-electron chi connectivity index (χ3n) is 3.87. The Hall–Kier alpha value is -1.42. The summed E-state index contributed by atoms with van der Waals surface area (Å²) in [4.78, 5) is 12.2. The van der Waals surface area contributed by atoms with Gasteiger partial charge in [0.25, 0.3) is 0 Å². The molecule has 1 atom stereocenters. The van der Waals surface area contributed by atoms with Gasteiger partial charge in [0.1, 0.15) is 4.99 Å². The Morgan fingerprint density at radius 2 is 2.00 bits per heavy atom. The summed E-state index contributed by atoms with van der Waals surface area (Å²) in [6.45, 7) is 5.26. The number of carbonyl (C=O) groups is 1. The van der Waals surface area contributed by atoms with E-state index in [1.807, 2.05) is 24.3 Å². The van der Waals surface area contributed by atoms with Crippen LogP contribution in [-0.2, 0) is 11.2 Å². The lowest BCUT2D eigenvalue weighted by Crippen LogP contribution is -2.28. The minimum atomic E-state index is 0.0748. The van der Waals surface area contributed by atoms with E-state index in [0.717, 1.165) is 17.7 Å². The highest BCUT2D eigenvalue weighted by Gasteiger charge is 2.45. The molecular formula is C15H20N2OS. The molecule has 3 nitrogen and oxygen atoms in total. The zero-order valence-corrected chi connectivity index (χ0v) is 12.2.